The van der Waals surface area contributed by atoms with E-state index in [4.69, 9.17) is 4.74 Å². The number of rotatable bonds is 4. The molecule has 0 aliphatic carbocycles. The van der Waals surface area contributed by atoms with Gasteiger partial charge in [-0.1, -0.05) is 6.07 Å². The van der Waals surface area contributed by atoms with E-state index in [1.807, 2.05) is 6.20 Å². The van der Waals surface area contributed by atoms with Crippen LogP contribution in [0.4, 0.5) is 5.82 Å². The molecule has 0 spiro atoms. The Bertz CT molecular complexity index is 504. The molecule has 3 rings (SSSR count). The van der Waals surface area contributed by atoms with Crippen LogP contribution >= 0.6 is 0 Å². The molecule has 2 aliphatic rings. The first kappa shape index (κ1) is 16.2. The normalized spacial score (nSPS) is 20.5. The monoisotopic (exact) mass is 317 g/mol. The topological polar surface area (TPSA) is 54.5 Å². The molecule has 0 atom stereocenters. The summed E-state index contributed by atoms with van der Waals surface area (Å²) in [6, 6.07) is 4.51. The predicted octanol–water partition coefficient (Wildman–Crippen LogP) is 2.29. The van der Waals surface area contributed by atoms with Gasteiger partial charge in [0.1, 0.15) is 5.82 Å². The van der Waals surface area contributed by atoms with Crippen molar-refractivity contribution in [1.29, 1.82) is 0 Å². The van der Waals surface area contributed by atoms with Crippen LogP contribution < -0.4 is 10.2 Å². The molecule has 0 radical (unpaired) electrons. The van der Waals surface area contributed by atoms with Crippen molar-refractivity contribution in [2.24, 2.45) is 5.92 Å². The number of hydrogen-bond donors (Lipinski definition) is 1. The van der Waals surface area contributed by atoms with Crippen molar-refractivity contribution >= 4 is 11.7 Å². The van der Waals surface area contributed by atoms with E-state index in [0.29, 0.717) is 18.4 Å². The van der Waals surface area contributed by atoms with Crippen molar-refractivity contribution in [1.82, 2.24) is 10.3 Å². The average Bonchev–Trinajstić information content (AvgIpc) is 2.57. The molecule has 1 aromatic rings. The van der Waals surface area contributed by atoms with Crippen LogP contribution in [-0.2, 0) is 9.53 Å². The minimum Gasteiger partial charge on any atom is -0.381 e. The molecule has 2 aliphatic heterocycles. The van der Waals surface area contributed by atoms with Gasteiger partial charge in [-0.05, 0) is 50.2 Å². The maximum absolute atomic E-state index is 12.2. The number of carbonyl (C=O) groups is 1. The van der Waals surface area contributed by atoms with E-state index in [2.05, 4.69) is 34.3 Å². The number of carbonyl (C=O) groups excluding carboxylic acids is 1. The Morgan fingerprint density at radius 3 is 2.65 bits per heavy atom. The predicted molar refractivity (Wildman–Crippen MR) is 90.5 cm³/mol. The zero-order valence-electron chi connectivity index (χ0n) is 14.0. The number of nitrogens with zero attached hydrogens (tertiary/aromatic N) is 2. The summed E-state index contributed by atoms with van der Waals surface area (Å²) in [5.41, 5.74) is 1.19. The van der Waals surface area contributed by atoms with Crippen LogP contribution in [0.2, 0.25) is 0 Å². The molecule has 0 unspecified atom stereocenters. The summed E-state index contributed by atoms with van der Waals surface area (Å²) in [4.78, 5) is 19.0. The van der Waals surface area contributed by atoms with Crippen LogP contribution in [0.1, 0.15) is 37.7 Å². The fourth-order valence-electron chi connectivity index (χ4n) is 3.40. The van der Waals surface area contributed by atoms with E-state index in [0.717, 1.165) is 57.8 Å². The SMILES string of the molecule is Cc1ccc(N2CCC(CC(=O)NC3CCOCC3)CC2)nc1. The molecule has 5 heteroatoms. The van der Waals surface area contributed by atoms with E-state index < -0.39 is 0 Å². The van der Waals surface area contributed by atoms with E-state index in [-0.39, 0.29) is 5.91 Å². The number of anilines is 1. The number of nitrogens with one attached hydrogen (secondary N) is 1. The van der Waals surface area contributed by atoms with Gasteiger partial charge in [-0.2, -0.15) is 0 Å². The third kappa shape index (κ3) is 4.67. The molecular formula is C18H27N3O2. The van der Waals surface area contributed by atoms with Crippen molar-refractivity contribution in [3.63, 3.8) is 0 Å². The summed E-state index contributed by atoms with van der Waals surface area (Å²) in [5, 5.41) is 3.17. The first-order valence-corrected chi connectivity index (χ1v) is 8.75. The average molecular weight is 317 g/mol. The number of hydrogen-bond acceptors (Lipinski definition) is 4. The number of amides is 1. The zero-order chi connectivity index (χ0) is 16.1. The van der Waals surface area contributed by atoms with Gasteiger partial charge in [-0.25, -0.2) is 4.98 Å². The van der Waals surface area contributed by atoms with Gasteiger partial charge in [-0.15, -0.1) is 0 Å². The minimum absolute atomic E-state index is 0.212. The van der Waals surface area contributed by atoms with Crippen molar-refractivity contribution in [2.75, 3.05) is 31.2 Å². The smallest absolute Gasteiger partial charge is 0.220 e. The van der Waals surface area contributed by atoms with Crippen molar-refractivity contribution < 1.29 is 9.53 Å². The molecule has 1 amide bonds. The molecule has 23 heavy (non-hydrogen) atoms. The van der Waals surface area contributed by atoms with Crippen LogP contribution in [0.15, 0.2) is 18.3 Å². The zero-order valence-corrected chi connectivity index (χ0v) is 14.0. The van der Waals surface area contributed by atoms with Crippen molar-refractivity contribution in [3.05, 3.63) is 23.9 Å². The lowest BCUT2D eigenvalue weighted by molar-refractivity contribution is -0.123. The summed E-state index contributed by atoms with van der Waals surface area (Å²) in [5.74, 6) is 1.76. The first-order valence-electron chi connectivity index (χ1n) is 8.75. The van der Waals surface area contributed by atoms with Gasteiger partial charge >= 0.3 is 0 Å². The third-order valence-corrected chi connectivity index (χ3v) is 4.89. The number of ether oxygens (including phenoxy) is 1. The summed E-state index contributed by atoms with van der Waals surface area (Å²) < 4.78 is 5.33. The molecule has 2 saturated heterocycles. The molecule has 5 nitrogen and oxygen atoms in total. The lowest BCUT2D eigenvalue weighted by Crippen LogP contribution is -2.41. The molecule has 2 fully saturated rings. The van der Waals surface area contributed by atoms with Crippen LogP contribution in [-0.4, -0.2) is 43.2 Å². The Balaban J connectivity index is 1.41. The van der Waals surface area contributed by atoms with Crippen LogP contribution in [0, 0.1) is 12.8 Å². The second-order valence-corrected chi connectivity index (χ2v) is 6.78. The largest absolute Gasteiger partial charge is 0.381 e. The van der Waals surface area contributed by atoms with Gasteiger partial charge in [0.05, 0.1) is 0 Å². The molecular weight excluding hydrogens is 290 g/mol. The summed E-state index contributed by atoms with van der Waals surface area (Å²) >= 11 is 0. The van der Waals surface area contributed by atoms with Crippen LogP contribution in [0.25, 0.3) is 0 Å². The highest BCUT2D eigenvalue weighted by Gasteiger charge is 2.23. The highest BCUT2D eigenvalue weighted by atomic mass is 16.5. The minimum atomic E-state index is 0.212. The Morgan fingerprint density at radius 2 is 2.00 bits per heavy atom. The van der Waals surface area contributed by atoms with E-state index >= 15 is 0 Å². The Morgan fingerprint density at radius 1 is 1.26 bits per heavy atom. The molecule has 1 N–H and O–H groups in total. The van der Waals surface area contributed by atoms with Crippen molar-refractivity contribution in [2.45, 2.75) is 45.1 Å². The highest BCUT2D eigenvalue weighted by Crippen LogP contribution is 2.24. The molecule has 0 aromatic carbocycles. The second kappa shape index (κ2) is 7.77. The lowest BCUT2D eigenvalue weighted by Gasteiger charge is -2.33. The molecule has 126 valence electrons. The lowest BCUT2D eigenvalue weighted by atomic mass is 9.93. The van der Waals surface area contributed by atoms with Crippen molar-refractivity contribution in [3.8, 4) is 0 Å². The van der Waals surface area contributed by atoms with E-state index in [9.17, 15) is 4.79 Å². The maximum Gasteiger partial charge on any atom is 0.220 e. The number of piperidine rings is 1. The van der Waals surface area contributed by atoms with Gasteiger partial charge in [0, 0.05) is 45.0 Å². The van der Waals surface area contributed by atoms with Gasteiger partial charge in [-0.3, -0.25) is 4.79 Å². The van der Waals surface area contributed by atoms with Crippen LogP contribution in [0.3, 0.4) is 0 Å². The number of pyridine rings is 1. The maximum atomic E-state index is 12.2. The van der Waals surface area contributed by atoms with Gasteiger partial charge in [0.25, 0.3) is 0 Å². The number of aryl methyl sites for hydroxylation is 1. The second-order valence-electron chi connectivity index (χ2n) is 6.78. The Kier molecular flexibility index (Phi) is 5.49. The third-order valence-electron chi connectivity index (χ3n) is 4.89. The summed E-state index contributed by atoms with van der Waals surface area (Å²) in [6.45, 7) is 5.58. The number of aromatic nitrogens is 1. The summed E-state index contributed by atoms with van der Waals surface area (Å²) in [7, 11) is 0. The van der Waals surface area contributed by atoms with Gasteiger partial charge in [0.15, 0.2) is 0 Å². The quantitative estimate of drug-likeness (QED) is 0.926. The highest BCUT2D eigenvalue weighted by molar-refractivity contribution is 5.76. The fraction of sp³-hybridized carbons (Fsp3) is 0.667. The standard InChI is InChI=1S/C18H27N3O2/c1-14-2-3-17(19-13-14)21-8-4-15(5-9-21)12-18(22)20-16-6-10-23-11-7-16/h2-3,13,15-16H,4-12H2,1H3,(H,20,22). The Labute approximate surface area is 138 Å². The van der Waals surface area contributed by atoms with Crippen LogP contribution in [0.5, 0.6) is 0 Å². The van der Waals surface area contributed by atoms with E-state index in [1.54, 1.807) is 0 Å². The van der Waals surface area contributed by atoms with E-state index in [1.165, 1.54) is 5.56 Å². The molecule has 3 heterocycles. The molecule has 0 saturated carbocycles. The van der Waals surface area contributed by atoms with Gasteiger partial charge in [0.2, 0.25) is 5.91 Å². The molecule has 0 bridgehead atoms. The molecule has 1 aromatic heterocycles. The first-order chi connectivity index (χ1) is 11.2. The summed E-state index contributed by atoms with van der Waals surface area (Å²) in [6.07, 6.45) is 6.61. The van der Waals surface area contributed by atoms with Gasteiger partial charge < -0.3 is 15.0 Å². The Hall–Kier alpha value is -1.62. The fourth-order valence-corrected chi connectivity index (χ4v) is 3.40.